The zero-order valence-corrected chi connectivity index (χ0v) is 21.7. The minimum Gasteiger partial charge on any atom is -0.355 e. The molecule has 1 fully saturated rings. The van der Waals surface area contributed by atoms with Crippen molar-refractivity contribution in [2.75, 3.05) is 39.8 Å². The van der Waals surface area contributed by atoms with Crippen LogP contribution in [-0.4, -0.2) is 67.0 Å². The molecule has 1 saturated heterocycles. The Morgan fingerprint density at radius 2 is 1.67 bits per heavy atom. The van der Waals surface area contributed by atoms with E-state index < -0.39 is 0 Å². The highest BCUT2D eigenvalue weighted by molar-refractivity contribution is 14.0. The fraction of sp³-hybridized carbons (Fsp3) is 0.652. The fourth-order valence-electron chi connectivity index (χ4n) is 3.78. The van der Waals surface area contributed by atoms with Gasteiger partial charge < -0.3 is 15.5 Å². The van der Waals surface area contributed by atoms with Gasteiger partial charge in [0.05, 0.1) is 0 Å². The van der Waals surface area contributed by atoms with Crippen LogP contribution in [0.3, 0.4) is 0 Å². The lowest BCUT2D eigenvalue weighted by Crippen LogP contribution is -2.54. The molecule has 2 N–H and O–H groups in total. The number of rotatable bonds is 8. The lowest BCUT2D eigenvalue weighted by Gasteiger charge is -2.41. The number of guanidine groups is 1. The number of nitrogens with one attached hydrogen (secondary N) is 2. The van der Waals surface area contributed by atoms with Crippen molar-refractivity contribution >= 4 is 35.8 Å². The summed E-state index contributed by atoms with van der Waals surface area (Å²) in [5.41, 5.74) is 1.97. The molecule has 2 rings (SSSR count). The van der Waals surface area contributed by atoms with Crippen LogP contribution in [0.2, 0.25) is 0 Å². The molecule has 1 amide bonds. The third-order valence-electron chi connectivity index (χ3n) is 5.84. The van der Waals surface area contributed by atoms with Gasteiger partial charge in [-0.3, -0.25) is 14.7 Å². The van der Waals surface area contributed by atoms with Crippen molar-refractivity contribution in [1.29, 1.82) is 0 Å². The van der Waals surface area contributed by atoms with Crippen molar-refractivity contribution < 1.29 is 4.79 Å². The van der Waals surface area contributed by atoms with Crippen LogP contribution in [0.15, 0.2) is 29.3 Å². The number of carbonyl (C=O) groups is 1. The maximum Gasteiger partial charge on any atom is 0.253 e. The highest BCUT2D eigenvalue weighted by atomic mass is 127. The molecule has 1 heterocycles. The van der Waals surface area contributed by atoms with Crippen LogP contribution in [0, 0.1) is 0 Å². The van der Waals surface area contributed by atoms with Crippen LogP contribution >= 0.6 is 24.0 Å². The molecule has 0 spiro atoms. The molecule has 6 nitrogen and oxygen atoms in total. The minimum atomic E-state index is 0. The summed E-state index contributed by atoms with van der Waals surface area (Å²) in [5.74, 6) is 0.894. The topological polar surface area (TPSA) is 60.0 Å². The van der Waals surface area contributed by atoms with Crippen LogP contribution in [-0.2, 0) is 6.54 Å². The molecule has 7 heteroatoms. The first-order valence-corrected chi connectivity index (χ1v) is 11.0. The van der Waals surface area contributed by atoms with E-state index in [1.165, 1.54) is 32.4 Å². The number of benzene rings is 1. The van der Waals surface area contributed by atoms with Crippen LogP contribution in [0.4, 0.5) is 0 Å². The molecule has 30 heavy (non-hydrogen) atoms. The van der Waals surface area contributed by atoms with Crippen LogP contribution in [0.1, 0.15) is 62.9 Å². The molecule has 0 aliphatic carbocycles. The lowest BCUT2D eigenvalue weighted by atomic mass is 9.98. The number of hydrogen-bond donors (Lipinski definition) is 2. The SMILES string of the molecule is CCN(CC)C(=O)c1ccc(CNC(=NC)NCC(C)(C)N2CCCCC2)cc1.I. The average molecular weight is 530 g/mol. The first-order valence-electron chi connectivity index (χ1n) is 11.0. The van der Waals surface area contributed by atoms with E-state index in [0.29, 0.717) is 6.54 Å². The Labute approximate surface area is 199 Å². The van der Waals surface area contributed by atoms with Crippen molar-refractivity contribution in [2.24, 2.45) is 4.99 Å². The summed E-state index contributed by atoms with van der Waals surface area (Å²) in [6.45, 7) is 13.9. The van der Waals surface area contributed by atoms with Gasteiger partial charge >= 0.3 is 0 Å². The summed E-state index contributed by atoms with van der Waals surface area (Å²) in [5, 5.41) is 6.85. The van der Waals surface area contributed by atoms with Gasteiger partial charge in [0.15, 0.2) is 5.96 Å². The summed E-state index contributed by atoms with van der Waals surface area (Å²) in [6, 6.07) is 7.84. The molecule has 1 aliphatic rings. The second kappa shape index (κ2) is 13.1. The van der Waals surface area contributed by atoms with E-state index in [9.17, 15) is 4.79 Å². The smallest absolute Gasteiger partial charge is 0.253 e. The molecular formula is C23H40IN5O. The average Bonchev–Trinajstić information content (AvgIpc) is 2.75. The number of likely N-dealkylation sites (tertiary alicyclic amines) is 1. The Morgan fingerprint density at radius 3 is 2.20 bits per heavy atom. The Morgan fingerprint density at radius 1 is 1.07 bits per heavy atom. The van der Waals surface area contributed by atoms with E-state index in [4.69, 9.17) is 0 Å². The zero-order valence-electron chi connectivity index (χ0n) is 19.3. The normalized spacial score (nSPS) is 15.3. The van der Waals surface area contributed by atoms with Crippen LogP contribution in [0.5, 0.6) is 0 Å². The third kappa shape index (κ3) is 7.72. The molecule has 0 aromatic heterocycles. The van der Waals surface area contributed by atoms with E-state index in [-0.39, 0.29) is 35.4 Å². The van der Waals surface area contributed by atoms with Gasteiger partial charge in [-0.1, -0.05) is 18.6 Å². The molecule has 170 valence electrons. The first kappa shape index (κ1) is 26.7. The number of carbonyl (C=O) groups excluding carboxylic acids is 1. The summed E-state index contributed by atoms with van der Waals surface area (Å²) in [6.07, 6.45) is 3.94. The molecule has 0 unspecified atom stereocenters. The molecule has 0 saturated carbocycles. The number of piperidine rings is 1. The van der Waals surface area contributed by atoms with Gasteiger partial charge in [0.2, 0.25) is 0 Å². The molecular weight excluding hydrogens is 489 g/mol. The number of hydrogen-bond acceptors (Lipinski definition) is 3. The minimum absolute atomic E-state index is 0. The molecule has 0 radical (unpaired) electrons. The van der Waals surface area contributed by atoms with Crippen molar-refractivity contribution in [3.8, 4) is 0 Å². The number of halogens is 1. The van der Waals surface area contributed by atoms with Gasteiger partial charge in [-0.2, -0.15) is 0 Å². The van der Waals surface area contributed by atoms with E-state index in [2.05, 4.69) is 34.4 Å². The summed E-state index contributed by atoms with van der Waals surface area (Å²) in [4.78, 5) is 21.2. The van der Waals surface area contributed by atoms with E-state index in [0.717, 1.165) is 36.7 Å². The van der Waals surface area contributed by atoms with Gasteiger partial charge in [0.25, 0.3) is 5.91 Å². The summed E-state index contributed by atoms with van der Waals surface area (Å²) >= 11 is 0. The van der Waals surface area contributed by atoms with Crippen molar-refractivity contribution in [3.63, 3.8) is 0 Å². The number of aliphatic imine (C=N–C) groups is 1. The van der Waals surface area contributed by atoms with E-state index in [1.54, 1.807) is 7.05 Å². The third-order valence-corrected chi connectivity index (χ3v) is 5.84. The van der Waals surface area contributed by atoms with Gasteiger partial charge in [-0.25, -0.2) is 0 Å². The molecule has 1 aromatic rings. The molecule has 1 aromatic carbocycles. The van der Waals surface area contributed by atoms with E-state index in [1.807, 2.05) is 43.0 Å². The van der Waals surface area contributed by atoms with Gasteiger partial charge in [-0.15, -0.1) is 24.0 Å². The zero-order chi connectivity index (χ0) is 21.3. The lowest BCUT2D eigenvalue weighted by molar-refractivity contribution is 0.0773. The summed E-state index contributed by atoms with van der Waals surface area (Å²) < 4.78 is 0. The van der Waals surface area contributed by atoms with Gasteiger partial charge in [0.1, 0.15) is 0 Å². The maximum atomic E-state index is 12.4. The Balaban J connectivity index is 0.00000450. The second-order valence-electron chi connectivity index (χ2n) is 8.31. The number of nitrogens with zero attached hydrogens (tertiary/aromatic N) is 3. The number of amides is 1. The van der Waals surface area contributed by atoms with Gasteiger partial charge in [-0.05, 0) is 71.3 Å². The largest absolute Gasteiger partial charge is 0.355 e. The van der Waals surface area contributed by atoms with Crippen LogP contribution < -0.4 is 10.6 Å². The molecule has 0 bridgehead atoms. The molecule has 1 aliphatic heterocycles. The van der Waals surface area contributed by atoms with Crippen molar-refractivity contribution in [3.05, 3.63) is 35.4 Å². The predicted molar refractivity (Wildman–Crippen MR) is 137 cm³/mol. The predicted octanol–water partition coefficient (Wildman–Crippen LogP) is 3.72. The maximum absolute atomic E-state index is 12.4. The monoisotopic (exact) mass is 529 g/mol. The Bertz CT molecular complexity index is 665. The van der Waals surface area contributed by atoms with Crippen molar-refractivity contribution in [1.82, 2.24) is 20.4 Å². The van der Waals surface area contributed by atoms with Crippen molar-refractivity contribution in [2.45, 2.75) is 59.0 Å². The van der Waals surface area contributed by atoms with E-state index >= 15 is 0 Å². The van der Waals surface area contributed by atoms with Gasteiger partial charge in [0, 0.05) is 44.3 Å². The quantitative estimate of drug-likeness (QED) is 0.306. The fourth-order valence-corrected chi connectivity index (χ4v) is 3.78. The Hall–Kier alpha value is -1.35. The summed E-state index contributed by atoms with van der Waals surface area (Å²) in [7, 11) is 1.80. The first-order chi connectivity index (χ1) is 13.9. The highest BCUT2D eigenvalue weighted by Gasteiger charge is 2.27. The highest BCUT2D eigenvalue weighted by Crippen LogP contribution is 2.19. The standard InChI is InChI=1S/C23H39N5O.HI/c1-6-27(7-2)21(29)20-13-11-19(12-14-20)17-25-22(24-5)26-18-23(3,4)28-15-9-8-10-16-28;/h11-14H,6-10,15-18H2,1-5H3,(H2,24,25,26);1H. The Kier molecular flexibility index (Phi) is 11.7. The molecule has 0 atom stereocenters. The second-order valence-corrected chi connectivity index (χ2v) is 8.31. The van der Waals surface area contributed by atoms with Crippen LogP contribution in [0.25, 0.3) is 0 Å².